The number of methoxy groups -OCH3 is 1. The molecule has 0 radical (unpaired) electrons. The predicted molar refractivity (Wildman–Crippen MR) is 187 cm³/mol. The summed E-state index contributed by atoms with van der Waals surface area (Å²) in [5.41, 5.74) is 9.98. The summed E-state index contributed by atoms with van der Waals surface area (Å²) in [6.45, 7) is 9.28. The highest BCUT2D eigenvalue weighted by Gasteiger charge is 2.33. The zero-order valence-electron chi connectivity index (χ0n) is 27.7. The highest BCUT2D eigenvalue weighted by atomic mass is 32.2. The zero-order valence-corrected chi connectivity index (χ0v) is 28.6. The number of thioether (sulfide) groups is 1. The Bertz CT molecular complexity index is 1580. The molecule has 0 aliphatic carbocycles. The van der Waals surface area contributed by atoms with Gasteiger partial charge in [-0.2, -0.15) is 4.98 Å². The van der Waals surface area contributed by atoms with E-state index < -0.39 is 23.2 Å². The minimum Gasteiger partial charge on any atom is -0.496 e. The van der Waals surface area contributed by atoms with Gasteiger partial charge < -0.3 is 36.1 Å². The van der Waals surface area contributed by atoms with Crippen LogP contribution in [0.2, 0.25) is 0 Å². The molecular weight excluding hydrogens is 634 g/mol. The predicted octanol–water partition coefficient (Wildman–Crippen LogP) is 1.98. The van der Waals surface area contributed by atoms with E-state index in [2.05, 4.69) is 65.4 Å². The highest BCUT2D eigenvalue weighted by Crippen LogP contribution is 2.28. The maximum absolute atomic E-state index is 12.4. The monoisotopic (exact) mass is 681 g/mol. The van der Waals surface area contributed by atoms with Crippen molar-refractivity contribution < 1.29 is 24.2 Å². The van der Waals surface area contributed by atoms with Crippen molar-refractivity contribution in [2.45, 2.75) is 57.0 Å². The van der Waals surface area contributed by atoms with Gasteiger partial charge in [0.05, 0.1) is 24.4 Å². The van der Waals surface area contributed by atoms with Crippen molar-refractivity contribution in [2.24, 2.45) is 0 Å². The van der Waals surface area contributed by atoms with Gasteiger partial charge in [0.25, 0.3) is 0 Å². The molecule has 0 unspecified atom stereocenters. The van der Waals surface area contributed by atoms with Crippen LogP contribution in [0, 0.1) is 0 Å². The first-order chi connectivity index (χ1) is 23.2. The summed E-state index contributed by atoms with van der Waals surface area (Å²) in [4.78, 5) is 49.3. The number of hydrogen-bond acceptors (Lipinski definition) is 11. The summed E-state index contributed by atoms with van der Waals surface area (Å²) >= 11 is 1.22. The van der Waals surface area contributed by atoms with Crippen LogP contribution >= 0.6 is 11.8 Å². The number of fused-ring (bicyclic) bond motifs is 1. The number of anilines is 2. The first-order valence-electron chi connectivity index (χ1n) is 16.6. The van der Waals surface area contributed by atoms with E-state index in [-0.39, 0.29) is 24.0 Å². The van der Waals surface area contributed by atoms with E-state index >= 15 is 0 Å². The summed E-state index contributed by atoms with van der Waals surface area (Å²) in [6, 6.07) is 7.48. The van der Waals surface area contributed by atoms with E-state index in [1.165, 1.54) is 17.3 Å². The Morgan fingerprint density at radius 2 is 1.90 bits per heavy atom. The topological polar surface area (TPSA) is 180 Å². The molecule has 1 aromatic carbocycles. The Morgan fingerprint density at radius 3 is 2.62 bits per heavy atom. The van der Waals surface area contributed by atoms with Gasteiger partial charge in [-0.05, 0) is 24.1 Å². The molecule has 3 aromatic rings. The molecule has 4 heterocycles. The first-order valence-corrected chi connectivity index (χ1v) is 17.7. The average molecular weight is 682 g/mol. The number of aromatic nitrogens is 3. The van der Waals surface area contributed by atoms with Gasteiger partial charge in [0.1, 0.15) is 17.3 Å². The molecule has 14 nitrogen and oxygen atoms in total. The molecule has 0 spiro atoms. The van der Waals surface area contributed by atoms with Crippen LogP contribution in [0.1, 0.15) is 43.7 Å². The van der Waals surface area contributed by atoms with E-state index in [1.54, 1.807) is 7.11 Å². The number of unbranched alkanes of at least 4 members (excludes halogenated alkanes) is 2. The number of ether oxygens (including phenoxy) is 1. The van der Waals surface area contributed by atoms with Gasteiger partial charge in [-0.3, -0.25) is 19.4 Å². The van der Waals surface area contributed by atoms with Crippen molar-refractivity contribution in [3.63, 3.8) is 0 Å². The SMILES string of the molecule is CCCCCNc1nc(N)nc2ccn(Cc3ccc(CN4CCN(CCNC(=O)C[C@H]5SC[C@@H](C(=O)O)NC5=O)CC4)cc3OC)c12. The summed E-state index contributed by atoms with van der Waals surface area (Å²) in [7, 11) is 1.70. The lowest BCUT2D eigenvalue weighted by atomic mass is 10.1. The number of piperazine rings is 1. The molecule has 2 aliphatic heterocycles. The molecule has 0 bridgehead atoms. The number of nitrogen functional groups attached to an aromatic ring is 1. The number of rotatable bonds is 16. The molecule has 2 atom stereocenters. The van der Waals surface area contributed by atoms with Gasteiger partial charge >= 0.3 is 5.97 Å². The van der Waals surface area contributed by atoms with Crippen LogP contribution in [0.3, 0.4) is 0 Å². The Kier molecular flexibility index (Phi) is 12.4. The van der Waals surface area contributed by atoms with Crippen molar-refractivity contribution >= 4 is 52.3 Å². The van der Waals surface area contributed by atoms with Crippen LogP contribution in [0.15, 0.2) is 30.5 Å². The number of nitrogens with two attached hydrogens (primary N) is 1. The van der Waals surface area contributed by atoms with Gasteiger partial charge in [-0.25, -0.2) is 9.78 Å². The maximum atomic E-state index is 12.4. The fourth-order valence-electron chi connectivity index (χ4n) is 6.07. The lowest BCUT2D eigenvalue weighted by molar-refractivity contribution is -0.141. The number of nitrogens with one attached hydrogen (secondary N) is 3. The molecule has 2 fully saturated rings. The minimum absolute atomic E-state index is 0.0435. The number of aliphatic carboxylic acids is 1. The van der Waals surface area contributed by atoms with E-state index in [4.69, 9.17) is 15.6 Å². The smallest absolute Gasteiger partial charge is 0.327 e. The quantitative estimate of drug-likeness (QED) is 0.139. The van der Waals surface area contributed by atoms with Gasteiger partial charge in [0, 0.05) is 76.3 Å². The van der Waals surface area contributed by atoms with Crippen molar-refractivity contribution in [1.82, 2.24) is 35.0 Å². The molecule has 2 amide bonds. The Labute approximate surface area is 285 Å². The fraction of sp³-hybridized carbons (Fsp3) is 0.545. The molecule has 2 aliphatic rings. The Morgan fingerprint density at radius 1 is 1.10 bits per heavy atom. The molecule has 260 valence electrons. The van der Waals surface area contributed by atoms with Crippen molar-refractivity contribution in [2.75, 3.05) is 69.7 Å². The van der Waals surface area contributed by atoms with Crippen LogP contribution in [0.25, 0.3) is 11.0 Å². The summed E-state index contributed by atoms with van der Waals surface area (Å²) in [6.07, 6.45) is 5.43. The van der Waals surface area contributed by atoms with E-state index in [0.29, 0.717) is 13.1 Å². The number of carboxylic acids is 1. The first kappa shape index (κ1) is 35.2. The molecule has 0 saturated carbocycles. The van der Waals surface area contributed by atoms with Gasteiger partial charge in [-0.1, -0.05) is 31.9 Å². The van der Waals surface area contributed by atoms with E-state index in [0.717, 1.165) is 93.2 Å². The molecule has 6 N–H and O–H groups in total. The third kappa shape index (κ3) is 9.29. The second-order valence-corrected chi connectivity index (χ2v) is 13.5. The number of carbonyl (C=O) groups is 3. The van der Waals surface area contributed by atoms with E-state index in [9.17, 15) is 14.4 Å². The highest BCUT2D eigenvalue weighted by molar-refractivity contribution is 8.00. The van der Waals surface area contributed by atoms with Crippen molar-refractivity contribution in [3.8, 4) is 5.75 Å². The second kappa shape index (κ2) is 16.8. The zero-order chi connectivity index (χ0) is 34.0. The fourth-order valence-corrected chi connectivity index (χ4v) is 7.20. The Hall–Kier alpha value is -4.08. The van der Waals surface area contributed by atoms with Crippen LogP contribution < -0.4 is 26.4 Å². The number of benzene rings is 1. The molecule has 5 rings (SSSR count). The normalized spacial score (nSPS) is 18.8. The number of carboxylic acid groups (broad SMARTS) is 1. The third-order valence-corrected chi connectivity index (χ3v) is 10.1. The molecule has 48 heavy (non-hydrogen) atoms. The van der Waals surface area contributed by atoms with Crippen molar-refractivity contribution in [3.05, 3.63) is 41.6 Å². The van der Waals surface area contributed by atoms with Gasteiger partial charge in [0.2, 0.25) is 17.8 Å². The van der Waals surface area contributed by atoms with Crippen LogP contribution in [0.4, 0.5) is 11.8 Å². The molecule has 2 aromatic heterocycles. The average Bonchev–Trinajstić information content (AvgIpc) is 3.47. The summed E-state index contributed by atoms with van der Waals surface area (Å²) in [5.74, 6) is 0.451. The maximum Gasteiger partial charge on any atom is 0.327 e. The largest absolute Gasteiger partial charge is 0.496 e. The van der Waals surface area contributed by atoms with Crippen molar-refractivity contribution in [1.29, 1.82) is 0 Å². The number of amides is 2. The number of hydrogen-bond donors (Lipinski definition) is 5. The van der Waals surface area contributed by atoms with Gasteiger partial charge in [0.15, 0.2) is 5.82 Å². The van der Waals surface area contributed by atoms with E-state index in [1.807, 2.05) is 12.3 Å². The van der Waals surface area contributed by atoms with Gasteiger partial charge in [-0.15, -0.1) is 11.8 Å². The second-order valence-electron chi connectivity index (χ2n) is 12.3. The lowest BCUT2D eigenvalue weighted by Crippen LogP contribution is -2.51. The molecular formula is C33H47N9O5S. The van der Waals surface area contributed by atoms with Crippen LogP contribution in [-0.2, 0) is 27.5 Å². The minimum atomic E-state index is -1.06. The standard InChI is InChI=1S/C33H47N9O5S/c1-3-4-5-9-36-30-29-24(38-33(34)39-30)8-11-42(29)20-23-7-6-22(17-26(23)47-2)19-41-15-13-40(14-16-41)12-10-35-28(43)18-27-31(44)37-25(21-48-27)32(45)46/h6-8,11,17,25,27H,3-5,9-10,12-16,18-21H2,1-2H3,(H,35,43)(H,37,44)(H,45,46)(H3,34,36,38,39)/t25-,27+/m0/s1. The summed E-state index contributed by atoms with van der Waals surface area (Å²) in [5, 5.41) is 17.3. The summed E-state index contributed by atoms with van der Waals surface area (Å²) < 4.78 is 7.97. The molecule has 15 heteroatoms. The lowest BCUT2D eigenvalue weighted by Gasteiger charge is -2.34. The molecule has 2 saturated heterocycles. The Balaban J connectivity index is 1.08. The third-order valence-electron chi connectivity index (χ3n) is 8.76. The number of carbonyl (C=O) groups excluding carboxylic acids is 2. The van der Waals surface area contributed by atoms with Crippen LogP contribution in [-0.4, -0.2) is 117 Å². The number of nitrogens with zero attached hydrogens (tertiary/aromatic N) is 5. The van der Waals surface area contributed by atoms with Crippen LogP contribution in [0.5, 0.6) is 5.75 Å².